The number of rotatable bonds is 12. The first-order valence-corrected chi connectivity index (χ1v) is 13.9. The maximum atomic E-state index is 13.5. The number of carbonyl (C=O) groups excluding carboxylic acids is 3. The van der Waals surface area contributed by atoms with Crippen LogP contribution in [-0.2, 0) is 25.5 Å². The summed E-state index contributed by atoms with van der Waals surface area (Å²) in [5.74, 6) is 0.611. The zero-order chi connectivity index (χ0) is 30.9. The van der Waals surface area contributed by atoms with Crippen molar-refractivity contribution in [1.82, 2.24) is 10.2 Å². The van der Waals surface area contributed by atoms with Crippen molar-refractivity contribution >= 4 is 23.9 Å². The number of allylic oxidation sites excluding steroid dienone is 1. The molecule has 0 saturated heterocycles. The van der Waals surface area contributed by atoms with Crippen LogP contribution in [0, 0.1) is 0 Å². The molecule has 1 aliphatic heterocycles. The van der Waals surface area contributed by atoms with Gasteiger partial charge in [0, 0.05) is 12.2 Å². The lowest BCUT2D eigenvalue weighted by molar-refractivity contribution is -0.136. The van der Waals surface area contributed by atoms with Crippen LogP contribution in [0.5, 0.6) is 17.2 Å². The van der Waals surface area contributed by atoms with Crippen LogP contribution in [0.25, 0.3) is 6.08 Å². The zero-order valence-electron chi connectivity index (χ0n) is 25.0. The molecule has 0 saturated carbocycles. The Labute approximate surface area is 251 Å². The number of ether oxygens (including phenoxy) is 4. The number of nitrogens with zero attached hydrogens (tertiary/aromatic N) is 1. The summed E-state index contributed by atoms with van der Waals surface area (Å²) in [7, 11) is 4.44. The van der Waals surface area contributed by atoms with E-state index in [0.29, 0.717) is 41.5 Å². The maximum Gasteiger partial charge on any atom is 0.340 e. The fourth-order valence-corrected chi connectivity index (χ4v) is 4.86. The highest BCUT2D eigenvalue weighted by Crippen LogP contribution is 2.33. The van der Waals surface area contributed by atoms with Crippen LogP contribution in [-0.4, -0.2) is 57.2 Å². The van der Waals surface area contributed by atoms with Crippen molar-refractivity contribution in [3.63, 3.8) is 0 Å². The second-order valence-corrected chi connectivity index (χ2v) is 9.96. The number of esters is 1. The van der Waals surface area contributed by atoms with Crippen LogP contribution < -0.4 is 19.5 Å². The number of hydrogen-bond donors (Lipinski definition) is 1. The molecule has 1 heterocycles. The van der Waals surface area contributed by atoms with Gasteiger partial charge >= 0.3 is 5.97 Å². The van der Waals surface area contributed by atoms with Gasteiger partial charge in [0.05, 0.1) is 38.5 Å². The summed E-state index contributed by atoms with van der Waals surface area (Å²) in [5.41, 5.74) is 3.65. The maximum absolute atomic E-state index is 13.5. The Morgan fingerprint density at radius 2 is 1.63 bits per heavy atom. The van der Waals surface area contributed by atoms with E-state index in [1.54, 1.807) is 56.4 Å². The van der Waals surface area contributed by atoms with Crippen LogP contribution in [0.2, 0.25) is 0 Å². The molecular weight excluding hydrogens is 548 g/mol. The van der Waals surface area contributed by atoms with Crippen molar-refractivity contribution in [3.05, 3.63) is 106 Å². The summed E-state index contributed by atoms with van der Waals surface area (Å²) >= 11 is 0. The van der Waals surface area contributed by atoms with E-state index in [4.69, 9.17) is 18.9 Å². The third-order valence-electron chi connectivity index (χ3n) is 7.21. The number of benzene rings is 3. The minimum absolute atomic E-state index is 0.139. The van der Waals surface area contributed by atoms with Gasteiger partial charge in [0.2, 0.25) is 0 Å². The second kappa shape index (κ2) is 14.2. The molecule has 0 aromatic heterocycles. The third kappa shape index (κ3) is 7.43. The fourth-order valence-electron chi connectivity index (χ4n) is 4.86. The molecular formula is C34H36N2O7. The topological polar surface area (TPSA) is 103 Å². The van der Waals surface area contributed by atoms with Gasteiger partial charge in [-0.25, -0.2) is 4.79 Å². The minimum Gasteiger partial charge on any atom is -0.493 e. The number of carbonyl (C=O) groups is 3. The van der Waals surface area contributed by atoms with Crippen LogP contribution in [0.3, 0.4) is 0 Å². The van der Waals surface area contributed by atoms with E-state index < -0.39 is 5.97 Å². The Balaban J connectivity index is 1.43. The van der Waals surface area contributed by atoms with E-state index in [-0.39, 0.29) is 35.6 Å². The van der Waals surface area contributed by atoms with Gasteiger partial charge in [-0.05, 0) is 67.3 Å². The summed E-state index contributed by atoms with van der Waals surface area (Å²) in [5, 5.41) is 2.92. The van der Waals surface area contributed by atoms with Gasteiger partial charge in [-0.1, -0.05) is 48.5 Å². The fraction of sp³-hybridized carbons (Fsp3) is 0.265. The first-order valence-electron chi connectivity index (χ1n) is 13.9. The average Bonchev–Trinajstić information content (AvgIpc) is 3.26. The Morgan fingerprint density at radius 3 is 2.28 bits per heavy atom. The molecule has 9 heteroatoms. The van der Waals surface area contributed by atoms with E-state index in [0.717, 1.165) is 11.1 Å². The molecule has 3 aromatic rings. The smallest absolute Gasteiger partial charge is 0.340 e. The molecule has 0 spiro atoms. The van der Waals surface area contributed by atoms with Gasteiger partial charge in [0.15, 0.2) is 18.1 Å². The molecule has 43 heavy (non-hydrogen) atoms. The first-order chi connectivity index (χ1) is 20.7. The molecule has 1 aliphatic rings. The molecule has 0 bridgehead atoms. The highest BCUT2D eigenvalue weighted by Gasteiger charge is 2.36. The van der Waals surface area contributed by atoms with E-state index in [1.807, 2.05) is 55.5 Å². The molecule has 0 aliphatic carbocycles. The summed E-state index contributed by atoms with van der Waals surface area (Å²) in [6, 6.07) is 22.1. The van der Waals surface area contributed by atoms with Crippen LogP contribution in [0.1, 0.15) is 36.6 Å². The summed E-state index contributed by atoms with van der Waals surface area (Å²) in [6.45, 7) is 3.87. The zero-order valence-corrected chi connectivity index (χ0v) is 25.0. The molecule has 1 atom stereocenters. The standard InChI is InChI=1S/C34H36N2O7/c1-22(26-9-7-6-8-10-26)35-31(37)21-43-27-14-11-24(12-15-27)19-28-32(34(39)42-5)23(2)36(33(28)38)18-17-25-13-16-29(40-3)30(20-25)41-4/h6-16,19-20,22H,17-18,21H2,1-5H3,(H,35,37)/b28-19-/t22-/m0/s1. The summed E-state index contributed by atoms with van der Waals surface area (Å²) < 4.78 is 21.4. The Morgan fingerprint density at radius 1 is 0.930 bits per heavy atom. The third-order valence-corrected chi connectivity index (χ3v) is 7.21. The highest BCUT2D eigenvalue weighted by molar-refractivity contribution is 6.16. The van der Waals surface area contributed by atoms with Crippen LogP contribution in [0.4, 0.5) is 0 Å². The van der Waals surface area contributed by atoms with E-state index in [1.165, 1.54) is 7.11 Å². The number of nitrogens with one attached hydrogen (secondary N) is 1. The van der Waals surface area contributed by atoms with E-state index >= 15 is 0 Å². The number of methoxy groups -OCH3 is 3. The Hall–Kier alpha value is -5.05. The first kappa shape index (κ1) is 30.9. The quantitative estimate of drug-likeness (QED) is 0.239. The van der Waals surface area contributed by atoms with E-state index in [2.05, 4.69) is 5.32 Å². The van der Waals surface area contributed by atoms with Gasteiger partial charge in [-0.3, -0.25) is 9.59 Å². The lowest BCUT2D eigenvalue weighted by Crippen LogP contribution is -2.31. The highest BCUT2D eigenvalue weighted by atomic mass is 16.5. The lowest BCUT2D eigenvalue weighted by atomic mass is 10.0. The molecule has 0 unspecified atom stereocenters. The molecule has 3 aromatic carbocycles. The Bertz CT molecular complexity index is 1530. The largest absolute Gasteiger partial charge is 0.493 e. The monoisotopic (exact) mass is 584 g/mol. The molecule has 9 nitrogen and oxygen atoms in total. The second-order valence-electron chi connectivity index (χ2n) is 9.96. The predicted molar refractivity (Wildman–Crippen MR) is 163 cm³/mol. The molecule has 1 N–H and O–H groups in total. The van der Waals surface area contributed by atoms with Gasteiger partial charge in [-0.15, -0.1) is 0 Å². The molecule has 224 valence electrons. The summed E-state index contributed by atoms with van der Waals surface area (Å²) in [4.78, 5) is 40.2. The van der Waals surface area contributed by atoms with Crippen molar-refractivity contribution in [2.24, 2.45) is 0 Å². The van der Waals surface area contributed by atoms with Crippen molar-refractivity contribution < 1.29 is 33.3 Å². The minimum atomic E-state index is -0.582. The molecule has 0 radical (unpaired) electrons. The molecule has 2 amide bonds. The normalized spacial score (nSPS) is 14.5. The molecule has 0 fully saturated rings. The van der Waals surface area contributed by atoms with Crippen molar-refractivity contribution in [2.45, 2.75) is 26.3 Å². The lowest BCUT2D eigenvalue weighted by Gasteiger charge is -2.18. The number of amides is 2. The van der Waals surface area contributed by atoms with Crippen molar-refractivity contribution in [1.29, 1.82) is 0 Å². The SMILES string of the molecule is COC(=O)C1=C(C)N(CCc2ccc(OC)c(OC)c2)C(=O)/C1=C\c1ccc(OCC(=O)N[C@@H](C)c2ccccc2)cc1. The van der Waals surface area contributed by atoms with Crippen LogP contribution in [0.15, 0.2) is 89.6 Å². The van der Waals surface area contributed by atoms with Gasteiger partial charge < -0.3 is 29.2 Å². The number of hydrogen-bond acceptors (Lipinski definition) is 7. The van der Waals surface area contributed by atoms with Gasteiger partial charge in [0.1, 0.15) is 5.75 Å². The van der Waals surface area contributed by atoms with Crippen molar-refractivity contribution in [3.8, 4) is 17.2 Å². The van der Waals surface area contributed by atoms with Gasteiger partial charge in [-0.2, -0.15) is 0 Å². The van der Waals surface area contributed by atoms with Crippen LogP contribution >= 0.6 is 0 Å². The van der Waals surface area contributed by atoms with Gasteiger partial charge in [0.25, 0.3) is 11.8 Å². The van der Waals surface area contributed by atoms with Crippen molar-refractivity contribution in [2.75, 3.05) is 34.5 Å². The van der Waals surface area contributed by atoms with E-state index in [9.17, 15) is 14.4 Å². The average molecular weight is 585 g/mol. The Kier molecular flexibility index (Phi) is 10.2. The summed E-state index contributed by atoms with van der Waals surface area (Å²) in [6.07, 6.45) is 2.20. The molecule has 4 rings (SSSR count). The predicted octanol–water partition coefficient (Wildman–Crippen LogP) is 4.88.